The summed E-state index contributed by atoms with van der Waals surface area (Å²) >= 11 is 2.31. The zero-order chi connectivity index (χ0) is 15.0. The highest BCUT2D eigenvalue weighted by atomic mass is 127. The number of rotatable bonds is 4. The van der Waals surface area contributed by atoms with Crippen molar-refractivity contribution in [2.75, 3.05) is 19.7 Å². The van der Waals surface area contributed by atoms with Gasteiger partial charge in [0.05, 0.1) is 12.5 Å². The highest BCUT2D eigenvalue weighted by Crippen LogP contribution is 2.40. The van der Waals surface area contributed by atoms with Gasteiger partial charge in [0.15, 0.2) is 0 Å². The van der Waals surface area contributed by atoms with Gasteiger partial charge in [-0.05, 0) is 66.2 Å². The van der Waals surface area contributed by atoms with Crippen LogP contribution in [0.2, 0.25) is 0 Å². The van der Waals surface area contributed by atoms with Crippen LogP contribution in [0.4, 0.5) is 0 Å². The van der Waals surface area contributed by atoms with Crippen LogP contribution in [-0.4, -0.2) is 36.5 Å². The molecular formula is C16H21IN2O2. The number of likely N-dealkylation sites (N-methyl/N-ethyl adjacent to an activating group) is 1. The van der Waals surface area contributed by atoms with Gasteiger partial charge >= 0.3 is 0 Å². The van der Waals surface area contributed by atoms with Crippen molar-refractivity contribution in [2.24, 2.45) is 5.73 Å². The summed E-state index contributed by atoms with van der Waals surface area (Å²) in [4.78, 5) is 14.6. The number of carbonyl (C=O) groups is 1. The zero-order valence-electron chi connectivity index (χ0n) is 12.3. The minimum atomic E-state index is -0.269. The first-order valence-electron chi connectivity index (χ1n) is 7.60. The molecule has 0 saturated carbocycles. The number of hydrogen-bond acceptors (Lipinski definition) is 3. The molecule has 1 aromatic carbocycles. The molecule has 2 N–H and O–H groups in total. The lowest BCUT2D eigenvalue weighted by Gasteiger charge is -2.30. The molecule has 2 aliphatic heterocycles. The Morgan fingerprint density at radius 2 is 2.38 bits per heavy atom. The Balaban J connectivity index is 2.04. The number of nitrogens with zero attached hydrogens (tertiary/aromatic N) is 1. The first-order valence-corrected chi connectivity index (χ1v) is 8.68. The van der Waals surface area contributed by atoms with E-state index in [9.17, 15) is 4.79 Å². The normalized spacial score (nSPS) is 22.9. The molecule has 0 spiro atoms. The molecule has 2 atom stereocenters. The van der Waals surface area contributed by atoms with Crippen LogP contribution >= 0.6 is 22.6 Å². The number of fused-ring (bicyclic) bond motifs is 1. The number of hydrogen-bond donors (Lipinski definition) is 1. The van der Waals surface area contributed by atoms with Gasteiger partial charge in [0.2, 0.25) is 5.91 Å². The maximum atomic E-state index is 12.2. The van der Waals surface area contributed by atoms with Gasteiger partial charge in [-0.15, -0.1) is 0 Å². The van der Waals surface area contributed by atoms with E-state index in [1.807, 2.05) is 0 Å². The van der Waals surface area contributed by atoms with E-state index in [0.29, 0.717) is 6.61 Å². The van der Waals surface area contributed by atoms with Crippen LogP contribution in [0.15, 0.2) is 12.1 Å². The van der Waals surface area contributed by atoms with Crippen molar-refractivity contribution < 1.29 is 9.53 Å². The van der Waals surface area contributed by atoms with Crippen LogP contribution in [0.1, 0.15) is 36.8 Å². The predicted octanol–water partition coefficient (Wildman–Crippen LogP) is 2.28. The number of benzene rings is 1. The number of primary amides is 1. The first-order chi connectivity index (χ1) is 10.1. The van der Waals surface area contributed by atoms with Crippen molar-refractivity contribution in [1.82, 2.24) is 4.90 Å². The van der Waals surface area contributed by atoms with E-state index in [2.05, 4.69) is 46.5 Å². The first kappa shape index (κ1) is 15.1. The van der Waals surface area contributed by atoms with Crippen LogP contribution in [0.25, 0.3) is 0 Å². The van der Waals surface area contributed by atoms with Gasteiger partial charge in [0, 0.05) is 21.6 Å². The van der Waals surface area contributed by atoms with Gasteiger partial charge in [-0.25, -0.2) is 0 Å². The average Bonchev–Trinajstić information content (AvgIpc) is 3.06. The quantitative estimate of drug-likeness (QED) is 0.790. The molecule has 5 heteroatoms. The SMILES string of the molecule is CCN1CCCC1C(C(N)=O)c1cc(I)cc2c1OCC2. The summed E-state index contributed by atoms with van der Waals surface area (Å²) in [5.41, 5.74) is 7.99. The predicted molar refractivity (Wildman–Crippen MR) is 90.6 cm³/mol. The van der Waals surface area contributed by atoms with Crippen molar-refractivity contribution in [3.63, 3.8) is 0 Å². The summed E-state index contributed by atoms with van der Waals surface area (Å²) in [6.07, 6.45) is 3.09. The molecule has 2 heterocycles. The number of amides is 1. The molecule has 3 rings (SSSR count). The van der Waals surface area contributed by atoms with Crippen LogP contribution in [0, 0.1) is 3.57 Å². The summed E-state index contributed by atoms with van der Waals surface area (Å²) in [6, 6.07) is 4.43. The number of likely N-dealkylation sites (tertiary alicyclic amines) is 1. The van der Waals surface area contributed by atoms with Gasteiger partial charge in [0.1, 0.15) is 5.75 Å². The van der Waals surface area contributed by atoms with Crippen LogP contribution < -0.4 is 10.5 Å². The third-order valence-electron chi connectivity index (χ3n) is 4.62. The second-order valence-electron chi connectivity index (χ2n) is 5.80. The molecule has 1 fully saturated rings. The van der Waals surface area contributed by atoms with E-state index in [1.54, 1.807) is 0 Å². The second-order valence-corrected chi connectivity index (χ2v) is 7.05. The van der Waals surface area contributed by atoms with Crippen molar-refractivity contribution in [3.8, 4) is 5.75 Å². The number of ether oxygens (including phenoxy) is 1. The van der Waals surface area contributed by atoms with E-state index in [1.165, 1.54) is 5.56 Å². The van der Waals surface area contributed by atoms with Gasteiger partial charge in [-0.2, -0.15) is 0 Å². The third kappa shape index (κ3) is 2.77. The Bertz CT molecular complexity index is 561. The fraction of sp³-hybridized carbons (Fsp3) is 0.562. The fourth-order valence-electron chi connectivity index (χ4n) is 3.70. The van der Waals surface area contributed by atoms with Crippen molar-refractivity contribution >= 4 is 28.5 Å². The van der Waals surface area contributed by atoms with Gasteiger partial charge < -0.3 is 10.5 Å². The molecule has 1 aromatic rings. The Morgan fingerprint density at radius 1 is 1.57 bits per heavy atom. The standard InChI is InChI=1S/C16H21IN2O2/c1-2-19-6-3-4-13(19)14(16(18)20)12-9-11(17)8-10-5-7-21-15(10)12/h8-9,13-14H,2-7H2,1H3,(H2,18,20). The summed E-state index contributed by atoms with van der Waals surface area (Å²) in [5, 5.41) is 0. The van der Waals surface area contributed by atoms with E-state index in [4.69, 9.17) is 10.5 Å². The maximum absolute atomic E-state index is 12.2. The molecule has 1 amide bonds. The highest BCUT2D eigenvalue weighted by molar-refractivity contribution is 14.1. The third-order valence-corrected chi connectivity index (χ3v) is 5.25. The highest BCUT2D eigenvalue weighted by Gasteiger charge is 2.38. The fourth-order valence-corrected chi connectivity index (χ4v) is 4.41. The van der Waals surface area contributed by atoms with Crippen molar-refractivity contribution in [2.45, 2.75) is 38.1 Å². The van der Waals surface area contributed by atoms with E-state index < -0.39 is 0 Å². The Labute approximate surface area is 139 Å². The number of halogens is 1. The molecule has 0 radical (unpaired) electrons. The molecule has 0 bridgehead atoms. The minimum Gasteiger partial charge on any atom is -0.493 e. The maximum Gasteiger partial charge on any atom is 0.226 e. The van der Waals surface area contributed by atoms with Crippen molar-refractivity contribution in [1.29, 1.82) is 0 Å². The minimum absolute atomic E-state index is 0.207. The summed E-state index contributed by atoms with van der Waals surface area (Å²) < 4.78 is 6.97. The van der Waals surface area contributed by atoms with Gasteiger partial charge in [0.25, 0.3) is 0 Å². The van der Waals surface area contributed by atoms with E-state index in [-0.39, 0.29) is 17.9 Å². The molecule has 2 unspecified atom stereocenters. The second kappa shape index (κ2) is 6.12. The van der Waals surface area contributed by atoms with Crippen LogP contribution in [0.3, 0.4) is 0 Å². The van der Waals surface area contributed by atoms with E-state index in [0.717, 1.165) is 47.2 Å². The van der Waals surface area contributed by atoms with Gasteiger partial charge in [-0.1, -0.05) is 6.92 Å². The Kier molecular flexibility index (Phi) is 4.40. The zero-order valence-corrected chi connectivity index (χ0v) is 14.4. The Hall–Kier alpha value is -0.820. The molecule has 0 aliphatic carbocycles. The van der Waals surface area contributed by atoms with Crippen LogP contribution in [0.5, 0.6) is 5.75 Å². The largest absolute Gasteiger partial charge is 0.493 e. The average molecular weight is 400 g/mol. The molecule has 1 saturated heterocycles. The summed E-state index contributed by atoms with van der Waals surface area (Å²) in [5.74, 6) is 0.399. The lowest BCUT2D eigenvalue weighted by atomic mass is 9.87. The van der Waals surface area contributed by atoms with Crippen molar-refractivity contribution in [3.05, 3.63) is 26.8 Å². The molecule has 4 nitrogen and oxygen atoms in total. The number of carbonyl (C=O) groups excluding carboxylic acids is 1. The molecule has 2 aliphatic rings. The summed E-state index contributed by atoms with van der Waals surface area (Å²) in [6.45, 7) is 4.86. The lowest BCUT2D eigenvalue weighted by Crippen LogP contribution is -2.40. The Morgan fingerprint density at radius 3 is 3.10 bits per heavy atom. The lowest BCUT2D eigenvalue weighted by molar-refractivity contribution is -0.120. The molecule has 21 heavy (non-hydrogen) atoms. The van der Waals surface area contributed by atoms with Crippen LogP contribution in [-0.2, 0) is 11.2 Å². The number of nitrogens with two attached hydrogens (primary N) is 1. The molecular weight excluding hydrogens is 379 g/mol. The van der Waals surface area contributed by atoms with E-state index >= 15 is 0 Å². The topological polar surface area (TPSA) is 55.6 Å². The molecule has 0 aromatic heterocycles. The van der Waals surface area contributed by atoms with Gasteiger partial charge in [-0.3, -0.25) is 9.69 Å². The smallest absolute Gasteiger partial charge is 0.226 e. The monoisotopic (exact) mass is 400 g/mol. The molecule has 114 valence electrons. The summed E-state index contributed by atoms with van der Waals surface area (Å²) in [7, 11) is 0.